The fourth-order valence-corrected chi connectivity index (χ4v) is 1.84. The summed E-state index contributed by atoms with van der Waals surface area (Å²) >= 11 is 0. The van der Waals surface area contributed by atoms with Gasteiger partial charge in [-0.25, -0.2) is 4.98 Å². The first-order chi connectivity index (χ1) is 10.2. The minimum atomic E-state index is 0.478. The van der Waals surface area contributed by atoms with Gasteiger partial charge < -0.3 is 10.1 Å². The van der Waals surface area contributed by atoms with Gasteiger partial charge in [-0.05, 0) is 11.5 Å². The summed E-state index contributed by atoms with van der Waals surface area (Å²) in [5.74, 6) is 2.73. The summed E-state index contributed by atoms with van der Waals surface area (Å²) in [6.45, 7) is 7.69. The van der Waals surface area contributed by atoms with Crippen molar-refractivity contribution in [1.29, 1.82) is 0 Å². The molecule has 0 spiro atoms. The van der Waals surface area contributed by atoms with Crippen LogP contribution in [0, 0.1) is 5.92 Å². The molecule has 112 valence electrons. The molecule has 0 saturated heterocycles. The Morgan fingerprint density at radius 2 is 1.90 bits per heavy atom. The van der Waals surface area contributed by atoms with Gasteiger partial charge >= 0.3 is 0 Å². The van der Waals surface area contributed by atoms with Gasteiger partial charge in [0, 0.05) is 19.0 Å². The van der Waals surface area contributed by atoms with Crippen LogP contribution in [0.15, 0.2) is 36.4 Å². The van der Waals surface area contributed by atoms with Gasteiger partial charge in [0.1, 0.15) is 11.6 Å². The Hall–Kier alpha value is -2.10. The van der Waals surface area contributed by atoms with Crippen LogP contribution < -0.4 is 10.1 Å². The number of nitrogens with one attached hydrogen (secondary N) is 1. The molecule has 0 amide bonds. The summed E-state index contributed by atoms with van der Waals surface area (Å²) in [7, 11) is 0. The fraction of sp³-hybridized carbons (Fsp3) is 0.412. The predicted octanol–water partition coefficient (Wildman–Crippen LogP) is 3.69. The highest BCUT2D eigenvalue weighted by molar-refractivity contribution is 5.39. The first-order valence-corrected chi connectivity index (χ1v) is 7.46. The molecule has 0 saturated carbocycles. The summed E-state index contributed by atoms with van der Waals surface area (Å²) in [6.07, 6.45) is 0.791. The van der Waals surface area contributed by atoms with Crippen LogP contribution in [0.25, 0.3) is 0 Å². The van der Waals surface area contributed by atoms with Crippen LogP contribution in [-0.2, 0) is 13.0 Å². The normalized spacial score (nSPS) is 10.7. The molecule has 21 heavy (non-hydrogen) atoms. The SMILES string of the molecule is CCc1nc(NCc2ccccc2)cc(OCC(C)C)n1. The summed E-state index contributed by atoms with van der Waals surface area (Å²) in [4.78, 5) is 8.90. The third-order valence-electron chi connectivity index (χ3n) is 2.95. The van der Waals surface area contributed by atoms with E-state index in [1.165, 1.54) is 5.56 Å². The largest absolute Gasteiger partial charge is 0.477 e. The maximum Gasteiger partial charge on any atom is 0.218 e. The number of ether oxygens (including phenoxy) is 1. The van der Waals surface area contributed by atoms with Crippen LogP contribution in [-0.4, -0.2) is 16.6 Å². The Kier molecular flexibility index (Phi) is 5.55. The van der Waals surface area contributed by atoms with Crippen LogP contribution in [0.2, 0.25) is 0 Å². The molecule has 0 atom stereocenters. The van der Waals surface area contributed by atoms with E-state index in [-0.39, 0.29) is 0 Å². The van der Waals surface area contributed by atoms with Crippen LogP contribution >= 0.6 is 0 Å². The lowest BCUT2D eigenvalue weighted by Gasteiger charge is -2.11. The monoisotopic (exact) mass is 285 g/mol. The molecule has 2 aromatic rings. The van der Waals surface area contributed by atoms with Gasteiger partial charge in [0.05, 0.1) is 6.61 Å². The van der Waals surface area contributed by atoms with Gasteiger partial charge in [-0.3, -0.25) is 0 Å². The second-order valence-electron chi connectivity index (χ2n) is 5.41. The number of anilines is 1. The highest BCUT2D eigenvalue weighted by Gasteiger charge is 2.05. The lowest BCUT2D eigenvalue weighted by atomic mass is 10.2. The topological polar surface area (TPSA) is 47.0 Å². The highest BCUT2D eigenvalue weighted by atomic mass is 16.5. The molecule has 0 aliphatic rings. The Balaban J connectivity index is 2.05. The molecule has 1 heterocycles. The zero-order valence-electron chi connectivity index (χ0n) is 13.0. The predicted molar refractivity (Wildman–Crippen MR) is 85.5 cm³/mol. The van der Waals surface area contributed by atoms with E-state index in [0.717, 1.165) is 24.6 Å². The molecule has 0 aliphatic heterocycles. The lowest BCUT2D eigenvalue weighted by molar-refractivity contribution is 0.260. The van der Waals surface area contributed by atoms with Crippen LogP contribution in [0.1, 0.15) is 32.2 Å². The molecule has 4 heteroatoms. The molecule has 1 aromatic carbocycles. The number of hydrogen-bond acceptors (Lipinski definition) is 4. The zero-order valence-corrected chi connectivity index (χ0v) is 13.0. The number of rotatable bonds is 7. The summed E-state index contributed by atoms with van der Waals surface area (Å²) in [6, 6.07) is 12.1. The van der Waals surface area contributed by atoms with Crippen LogP contribution in [0.5, 0.6) is 5.88 Å². The van der Waals surface area contributed by atoms with E-state index in [9.17, 15) is 0 Å². The van der Waals surface area contributed by atoms with E-state index in [1.807, 2.05) is 31.2 Å². The molecule has 0 aliphatic carbocycles. The molecule has 1 N–H and O–H groups in total. The van der Waals surface area contributed by atoms with Gasteiger partial charge in [-0.15, -0.1) is 0 Å². The molecule has 0 unspecified atom stereocenters. The number of nitrogens with zero attached hydrogens (tertiary/aromatic N) is 2. The second-order valence-corrected chi connectivity index (χ2v) is 5.41. The average Bonchev–Trinajstić information content (AvgIpc) is 2.51. The quantitative estimate of drug-likeness (QED) is 0.843. The third-order valence-corrected chi connectivity index (χ3v) is 2.95. The number of hydrogen-bond donors (Lipinski definition) is 1. The van der Waals surface area contributed by atoms with Crippen LogP contribution in [0.4, 0.5) is 5.82 Å². The first-order valence-electron chi connectivity index (χ1n) is 7.46. The molecule has 1 aromatic heterocycles. The van der Waals surface area contributed by atoms with Crippen molar-refractivity contribution in [1.82, 2.24) is 9.97 Å². The molecule has 4 nitrogen and oxygen atoms in total. The Bertz CT molecular complexity index is 555. The van der Waals surface area contributed by atoms with Gasteiger partial charge in [0.25, 0.3) is 0 Å². The van der Waals surface area contributed by atoms with Crippen LogP contribution in [0.3, 0.4) is 0 Å². The van der Waals surface area contributed by atoms with Crippen molar-refractivity contribution in [2.45, 2.75) is 33.7 Å². The standard InChI is InChI=1S/C17H23N3O/c1-4-15-19-16(10-17(20-15)21-12-13(2)3)18-11-14-8-6-5-7-9-14/h5-10,13H,4,11-12H2,1-3H3,(H,18,19,20). The van der Waals surface area contributed by atoms with E-state index in [1.54, 1.807) is 0 Å². The molecule has 0 fully saturated rings. The molecule has 0 bridgehead atoms. The molecular formula is C17H23N3O. The number of benzene rings is 1. The lowest BCUT2D eigenvalue weighted by Crippen LogP contribution is -2.09. The van der Waals surface area contributed by atoms with Gasteiger partial charge in [-0.1, -0.05) is 51.1 Å². The average molecular weight is 285 g/mol. The highest BCUT2D eigenvalue weighted by Crippen LogP contribution is 2.16. The zero-order chi connectivity index (χ0) is 15.1. The Morgan fingerprint density at radius 1 is 1.14 bits per heavy atom. The van der Waals surface area contributed by atoms with Gasteiger partial charge in [0.2, 0.25) is 5.88 Å². The summed E-state index contributed by atoms with van der Waals surface area (Å²) in [5.41, 5.74) is 1.22. The molecule has 2 rings (SSSR count). The van der Waals surface area contributed by atoms with Crippen molar-refractivity contribution in [3.8, 4) is 5.88 Å². The van der Waals surface area contributed by atoms with Crippen molar-refractivity contribution >= 4 is 5.82 Å². The Morgan fingerprint density at radius 3 is 2.57 bits per heavy atom. The van der Waals surface area contributed by atoms with E-state index in [0.29, 0.717) is 18.4 Å². The van der Waals surface area contributed by atoms with Gasteiger partial charge in [-0.2, -0.15) is 4.98 Å². The maximum absolute atomic E-state index is 5.71. The third kappa shape index (κ3) is 5.06. The van der Waals surface area contributed by atoms with Crippen molar-refractivity contribution in [3.63, 3.8) is 0 Å². The van der Waals surface area contributed by atoms with E-state index >= 15 is 0 Å². The van der Waals surface area contributed by atoms with Gasteiger partial charge in [0.15, 0.2) is 0 Å². The van der Waals surface area contributed by atoms with Crippen molar-refractivity contribution in [3.05, 3.63) is 47.8 Å². The van der Waals surface area contributed by atoms with E-state index < -0.39 is 0 Å². The van der Waals surface area contributed by atoms with E-state index in [2.05, 4.69) is 41.3 Å². The summed E-state index contributed by atoms with van der Waals surface area (Å²) in [5, 5.41) is 3.33. The maximum atomic E-state index is 5.71. The Labute approximate surface area is 126 Å². The number of aryl methyl sites for hydroxylation is 1. The van der Waals surface area contributed by atoms with Crippen molar-refractivity contribution in [2.75, 3.05) is 11.9 Å². The fourth-order valence-electron chi connectivity index (χ4n) is 1.84. The first kappa shape index (κ1) is 15.3. The minimum absolute atomic E-state index is 0.478. The molecule has 0 radical (unpaired) electrons. The van der Waals surface area contributed by atoms with E-state index in [4.69, 9.17) is 4.74 Å². The van der Waals surface area contributed by atoms with Crippen molar-refractivity contribution < 1.29 is 4.74 Å². The summed E-state index contributed by atoms with van der Waals surface area (Å²) < 4.78 is 5.71. The smallest absolute Gasteiger partial charge is 0.218 e. The molecular weight excluding hydrogens is 262 g/mol. The van der Waals surface area contributed by atoms with Crippen molar-refractivity contribution in [2.24, 2.45) is 5.92 Å². The second kappa shape index (κ2) is 7.62. The number of aromatic nitrogens is 2. The minimum Gasteiger partial charge on any atom is -0.477 e.